The quantitative estimate of drug-likeness (QED) is 0.402. The van der Waals surface area contributed by atoms with Crippen molar-refractivity contribution in [3.63, 3.8) is 0 Å². The molecule has 0 spiro atoms. The number of likely N-dealkylation sites (N-methyl/N-ethyl adjacent to an activating group) is 1. The van der Waals surface area contributed by atoms with Crippen molar-refractivity contribution >= 4 is 23.2 Å². The number of ether oxygens (including phenoxy) is 1. The first-order valence-electron chi connectivity index (χ1n) is 12.7. The molecule has 8 nitrogen and oxygen atoms in total. The summed E-state index contributed by atoms with van der Waals surface area (Å²) in [6.45, 7) is 9.23. The predicted molar refractivity (Wildman–Crippen MR) is 142 cm³/mol. The lowest BCUT2D eigenvalue weighted by atomic mass is 10.00. The molecule has 1 N–H and O–H groups in total. The van der Waals surface area contributed by atoms with Crippen molar-refractivity contribution in [1.29, 1.82) is 0 Å². The minimum absolute atomic E-state index is 0.133. The third-order valence-corrected chi connectivity index (χ3v) is 6.55. The minimum atomic E-state index is -4.66. The van der Waals surface area contributed by atoms with Gasteiger partial charge in [0.2, 0.25) is 0 Å². The van der Waals surface area contributed by atoms with Crippen LogP contribution in [0.2, 0.25) is 0 Å². The fourth-order valence-electron chi connectivity index (χ4n) is 4.41. The summed E-state index contributed by atoms with van der Waals surface area (Å²) >= 11 is 0. The van der Waals surface area contributed by atoms with Crippen LogP contribution in [0.4, 0.5) is 24.5 Å². The zero-order valence-corrected chi connectivity index (χ0v) is 22.0. The Morgan fingerprint density at radius 3 is 2.56 bits per heavy atom. The molecule has 3 aromatic rings. The molecule has 0 radical (unpaired) electrons. The van der Waals surface area contributed by atoms with Crippen LogP contribution in [0.25, 0.3) is 11.1 Å². The second kappa shape index (κ2) is 11.8. The number of anilines is 2. The molecule has 0 unspecified atom stereocenters. The Labute approximate surface area is 224 Å². The summed E-state index contributed by atoms with van der Waals surface area (Å²) in [6, 6.07) is 9.08. The standard InChI is InChI=1S/C28H30F3N5O3/c1-4-35-10-11-36(12-13-39-5-2)23-14-20(17-33-25(23)27(35)38)22-16-21(7-6-18(22)3)34-26(37)19-8-9-32-24(15-19)28(29,30)31/h6-9,14-17H,4-5,10-13H2,1-3H3,(H,34,37). The number of amides is 2. The highest BCUT2D eigenvalue weighted by Gasteiger charge is 2.33. The normalized spacial score (nSPS) is 13.7. The first-order valence-corrected chi connectivity index (χ1v) is 12.7. The zero-order valence-electron chi connectivity index (χ0n) is 22.0. The van der Waals surface area contributed by atoms with Crippen LogP contribution < -0.4 is 10.2 Å². The Morgan fingerprint density at radius 1 is 1.08 bits per heavy atom. The molecule has 0 bridgehead atoms. The van der Waals surface area contributed by atoms with E-state index in [1.807, 2.05) is 26.8 Å². The number of rotatable bonds is 8. The number of aryl methyl sites for hydroxylation is 1. The monoisotopic (exact) mass is 541 g/mol. The number of alkyl halides is 3. The molecule has 2 amide bonds. The highest BCUT2D eigenvalue weighted by molar-refractivity contribution is 6.04. The molecule has 4 rings (SSSR count). The highest BCUT2D eigenvalue weighted by Crippen LogP contribution is 2.33. The van der Waals surface area contributed by atoms with E-state index >= 15 is 0 Å². The maximum atomic E-state index is 13.1. The lowest BCUT2D eigenvalue weighted by Crippen LogP contribution is -2.35. The summed E-state index contributed by atoms with van der Waals surface area (Å²) in [5, 5.41) is 2.67. The zero-order chi connectivity index (χ0) is 28.2. The van der Waals surface area contributed by atoms with Crippen LogP contribution in [0.1, 0.15) is 46.0 Å². The van der Waals surface area contributed by atoms with Gasteiger partial charge in [0.05, 0.1) is 12.3 Å². The van der Waals surface area contributed by atoms with Gasteiger partial charge < -0.3 is 19.9 Å². The number of hydrogen-bond acceptors (Lipinski definition) is 6. The van der Waals surface area contributed by atoms with Gasteiger partial charge in [0.1, 0.15) is 5.69 Å². The molecule has 39 heavy (non-hydrogen) atoms. The third kappa shape index (κ3) is 6.36. The van der Waals surface area contributed by atoms with E-state index in [0.717, 1.165) is 22.9 Å². The summed E-state index contributed by atoms with van der Waals surface area (Å²) < 4.78 is 44.7. The van der Waals surface area contributed by atoms with E-state index in [1.54, 1.807) is 29.3 Å². The van der Waals surface area contributed by atoms with E-state index in [1.165, 1.54) is 6.07 Å². The van der Waals surface area contributed by atoms with Gasteiger partial charge in [0.15, 0.2) is 5.69 Å². The van der Waals surface area contributed by atoms with Gasteiger partial charge in [0.25, 0.3) is 11.8 Å². The van der Waals surface area contributed by atoms with Gasteiger partial charge in [-0.2, -0.15) is 13.2 Å². The van der Waals surface area contributed by atoms with Crippen molar-refractivity contribution < 1.29 is 27.5 Å². The summed E-state index contributed by atoms with van der Waals surface area (Å²) in [5.41, 5.74) is 2.59. The first kappa shape index (κ1) is 28.0. The smallest absolute Gasteiger partial charge is 0.380 e. The Morgan fingerprint density at radius 2 is 1.85 bits per heavy atom. The van der Waals surface area contributed by atoms with Crippen LogP contribution in [0.3, 0.4) is 0 Å². The molecule has 206 valence electrons. The fraction of sp³-hybridized carbons (Fsp3) is 0.357. The van der Waals surface area contributed by atoms with Crippen molar-refractivity contribution in [3.05, 3.63) is 71.3 Å². The number of aromatic nitrogens is 2. The molecule has 1 aromatic carbocycles. The average Bonchev–Trinajstić information content (AvgIpc) is 3.05. The Bertz CT molecular complexity index is 1360. The summed E-state index contributed by atoms with van der Waals surface area (Å²) in [4.78, 5) is 37.6. The topological polar surface area (TPSA) is 87.7 Å². The predicted octanol–water partition coefficient (Wildman–Crippen LogP) is 5.04. The maximum Gasteiger partial charge on any atom is 0.433 e. The summed E-state index contributed by atoms with van der Waals surface area (Å²) in [7, 11) is 0. The Kier molecular flexibility index (Phi) is 8.49. The highest BCUT2D eigenvalue weighted by atomic mass is 19.4. The van der Waals surface area contributed by atoms with Gasteiger partial charge in [-0.05, 0) is 62.2 Å². The van der Waals surface area contributed by atoms with Crippen LogP contribution >= 0.6 is 0 Å². The molecule has 2 aromatic heterocycles. The number of fused-ring (bicyclic) bond motifs is 1. The van der Waals surface area contributed by atoms with Crippen LogP contribution in [0.5, 0.6) is 0 Å². The third-order valence-electron chi connectivity index (χ3n) is 6.55. The van der Waals surface area contributed by atoms with Crippen LogP contribution in [0.15, 0.2) is 48.8 Å². The molecular formula is C28H30F3N5O3. The number of halogens is 3. The van der Waals surface area contributed by atoms with E-state index in [9.17, 15) is 22.8 Å². The molecule has 1 aliphatic heterocycles. The average molecular weight is 542 g/mol. The second-order valence-electron chi connectivity index (χ2n) is 9.07. The van der Waals surface area contributed by atoms with Crippen molar-refractivity contribution in [2.75, 3.05) is 49.6 Å². The van der Waals surface area contributed by atoms with E-state index in [-0.39, 0.29) is 11.5 Å². The van der Waals surface area contributed by atoms with Gasteiger partial charge in [-0.15, -0.1) is 0 Å². The number of carbonyl (C=O) groups excluding carboxylic acids is 2. The number of carbonyl (C=O) groups is 2. The summed E-state index contributed by atoms with van der Waals surface area (Å²) in [6.07, 6.45) is -2.07. The lowest BCUT2D eigenvalue weighted by molar-refractivity contribution is -0.141. The van der Waals surface area contributed by atoms with Gasteiger partial charge in [-0.25, -0.2) is 4.98 Å². The number of pyridine rings is 2. The SMILES string of the molecule is CCOCCN1CCN(CC)C(=O)c2ncc(-c3cc(NC(=O)c4ccnc(C(F)(F)F)c4)ccc3C)cc21. The van der Waals surface area contributed by atoms with Crippen molar-refractivity contribution in [2.24, 2.45) is 0 Å². The molecule has 3 heterocycles. The summed E-state index contributed by atoms with van der Waals surface area (Å²) in [5.74, 6) is -0.823. The van der Waals surface area contributed by atoms with Gasteiger partial charge in [-0.1, -0.05) is 6.07 Å². The first-order chi connectivity index (χ1) is 18.6. The van der Waals surface area contributed by atoms with Crippen molar-refractivity contribution in [2.45, 2.75) is 26.9 Å². The molecule has 0 saturated heterocycles. The van der Waals surface area contributed by atoms with E-state index < -0.39 is 17.8 Å². The van der Waals surface area contributed by atoms with Crippen molar-refractivity contribution in [1.82, 2.24) is 14.9 Å². The maximum absolute atomic E-state index is 13.1. The Balaban J connectivity index is 1.66. The van der Waals surface area contributed by atoms with E-state index in [4.69, 9.17) is 4.74 Å². The molecule has 11 heteroatoms. The van der Waals surface area contributed by atoms with Crippen molar-refractivity contribution in [3.8, 4) is 11.1 Å². The number of hydrogen-bond donors (Lipinski definition) is 1. The van der Waals surface area contributed by atoms with Gasteiger partial charge in [0, 0.05) is 62.0 Å². The number of nitrogens with zero attached hydrogens (tertiary/aromatic N) is 4. The van der Waals surface area contributed by atoms with Crippen LogP contribution in [-0.2, 0) is 10.9 Å². The Hall–Kier alpha value is -3.99. The molecular weight excluding hydrogens is 511 g/mol. The van der Waals surface area contributed by atoms with Gasteiger partial charge >= 0.3 is 6.18 Å². The number of benzene rings is 1. The molecule has 0 fully saturated rings. The number of nitrogens with one attached hydrogen (secondary N) is 1. The minimum Gasteiger partial charge on any atom is -0.380 e. The lowest BCUT2D eigenvalue weighted by Gasteiger charge is -2.24. The largest absolute Gasteiger partial charge is 0.433 e. The second-order valence-corrected chi connectivity index (χ2v) is 9.07. The molecule has 1 aliphatic rings. The molecule has 0 aliphatic carbocycles. The fourth-order valence-corrected chi connectivity index (χ4v) is 4.41. The molecule has 0 saturated carbocycles. The van der Waals surface area contributed by atoms with Gasteiger partial charge in [-0.3, -0.25) is 14.6 Å². The molecule has 0 atom stereocenters. The van der Waals surface area contributed by atoms with Crippen LogP contribution in [-0.4, -0.2) is 66.1 Å². The van der Waals surface area contributed by atoms with Crippen LogP contribution in [0, 0.1) is 6.92 Å². The van der Waals surface area contributed by atoms with E-state index in [2.05, 4.69) is 20.2 Å². The van der Waals surface area contributed by atoms with E-state index in [0.29, 0.717) is 62.5 Å².